The first-order chi connectivity index (χ1) is 9.56. The Bertz CT molecular complexity index is 492. The first-order valence-corrected chi connectivity index (χ1v) is 6.43. The highest BCUT2D eigenvalue weighted by Crippen LogP contribution is 2.14. The van der Waals surface area contributed by atoms with Crippen LogP contribution >= 0.6 is 0 Å². The van der Waals surface area contributed by atoms with E-state index in [2.05, 4.69) is 10.6 Å². The van der Waals surface area contributed by atoms with Crippen molar-refractivity contribution in [2.75, 3.05) is 24.4 Å². The summed E-state index contributed by atoms with van der Waals surface area (Å²) in [6, 6.07) is 6.92. The summed E-state index contributed by atoms with van der Waals surface area (Å²) in [6.07, 6.45) is 2.69. The summed E-state index contributed by atoms with van der Waals surface area (Å²) in [5, 5.41) is 5.47. The molecule has 0 bridgehead atoms. The van der Waals surface area contributed by atoms with Gasteiger partial charge in [-0.05, 0) is 37.6 Å². The van der Waals surface area contributed by atoms with E-state index in [0.29, 0.717) is 16.9 Å². The first kappa shape index (κ1) is 15.9. The Labute approximate surface area is 119 Å². The van der Waals surface area contributed by atoms with Crippen LogP contribution in [0, 0.1) is 0 Å². The number of methoxy groups -OCH3 is 1. The Hall–Kier alpha value is -2.14. The minimum Gasteiger partial charge on any atom is -0.375 e. The van der Waals surface area contributed by atoms with Crippen molar-refractivity contribution in [2.24, 2.45) is 0 Å². The maximum absolute atomic E-state index is 11.8. The number of ether oxygens (including phenoxy) is 1. The molecule has 0 heterocycles. The minimum absolute atomic E-state index is 0.0134. The van der Waals surface area contributed by atoms with Crippen molar-refractivity contribution in [1.29, 1.82) is 0 Å². The van der Waals surface area contributed by atoms with Gasteiger partial charge >= 0.3 is 0 Å². The van der Waals surface area contributed by atoms with E-state index in [1.807, 2.05) is 13.0 Å². The van der Waals surface area contributed by atoms with E-state index in [4.69, 9.17) is 4.74 Å². The number of nitrogens with one attached hydrogen (secondary N) is 2. The van der Waals surface area contributed by atoms with Gasteiger partial charge in [-0.25, -0.2) is 0 Å². The molecule has 0 fully saturated rings. The molecule has 0 saturated heterocycles. The lowest BCUT2D eigenvalue weighted by Crippen LogP contribution is -2.17. The van der Waals surface area contributed by atoms with Gasteiger partial charge in [0, 0.05) is 24.1 Å². The quantitative estimate of drug-likeness (QED) is 0.785. The lowest BCUT2D eigenvalue weighted by Gasteiger charge is -2.08. The van der Waals surface area contributed by atoms with Crippen LogP contribution in [0.2, 0.25) is 0 Å². The Morgan fingerprint density at radius 1 is 1.15 bits per heavy atom. The van der Waals surface area contributed by atoms with Gasteiger partial charge in [-0.1, -0.05) is 13.0 Å². The molecule has 1 rings (SSSR count). The van der Waals surface area contributed by atoms with Gasteiger partial charge in [0.15, 0.2) is 0 Å². The number of hydrogen-bond acceptors (Lipinski definition) is 3. The number of carbonyl (C=O) groups is 2. The van der Waals surface area contributed by atoms with Gasteiger partial charge < -0.3 is 15.4 Å². The molecule has 0 aliphatic carbocycles. The number of carbonyl (C=O) groups excluding carboxylic acids is 2. The smallest absolute Gasteiger partial charge is 0.250 e. The Balaban J connectivity index is 2.61. The van der Waals surface area contributed by atoms with Crippen molar-refractivity contribution in [3.05, 3.63) is 35.9 Å². The molecule has 1 aromatic rings. The molecule has 2 amide bonds. The van der Waals surface area contributed by atoms with Gasteiger partial charge in [-0.2, -0.15) is 0 Å². The molecule has 1 aromatic carbocycles. The maximum atomic E-state index is 11.8. The summed E-state index contributed by atoms with van der Waals surface area (Å²) in [5.41, 5.74) is 2.03. The zero-order valence-electron chi connectivity index (χ0n) is 12.0. The van der Waals surface area contributed by atoms with Crippen molar-refractivity contribution in [3.8, 4) is 0 Å². The van der Waals surface area contributed by atoms with Crippen molar-refractivity contribution in [1.82, 2.24) is 0 Å². The fraction of sp³-hybridized carbons (Fsp3) is 0.333. The monoisotopic (exact) mass is 276 g/mol. The van der Waals surface area contributed by atoms with E-state index < -0.39 is 0 Å². The summed E-state index contributed by atoms with van der Waals surface area (Å²) in [6.45, 7) is 3.77. The largest absolute Gasteiger partial charge is 0.375 e. The van der Waals surface area contributed by atoms with Crippen LogP contribution in [-0.2, 0) is 14.3 Å². The third-order valence-corrected chi connectivity index (χ3v) is 2.57. The summed E-state index contributed by atoms with van der Waals surface area (Å²) >= 11 is 0. The maximum Gasteiger partial charge on any atom is 0.250 e. The van der Waals surface area contributed by atoms with Crippen molar-refractivity contribution in [2.45, 2.75) is 20.3 Å². The summed E-state index contributed by atoms with van der Waals surface area (Å²) in [5.74, 6) is -0.339. The van der Waals surface area contributed by atoms with Crippen LogP contribution in [0.15, 0.2) is 35.9 Å². The molecule has 0 radical (unpaired) electrons. The Kier molecular flexibility index (Phi) is 6.46. The van der Waals surface area contributed by atoms with Crippen molar-refractivity contribution < 1.29 is 14.3 Å². The van der Waals surface area contributed by atoms with Gasteiger partial charge in [-0.15, -0.1) is 0 Å². The van der Waals surface area contributed by atoms with Gasteiger partial charge in [0.25, 0.3) is 5.91 Å². The highest BCUT2D eigenvalue weighted by molar-refractivity contribution is 6.03. The number of hydrogen-bond donors (Lipinski definition) is 2. The van der Waals surface area contributed by atoms with Gasteiger partial charge in [0.1, 0.15) is 6.61 Å². The lowest BCUT2D eigenvalue weighted by molar-refractivity contribution is -0.119. The zero-order chi connectivity index (χ0) is 15.0. The van der Waals surface area contributed by atoms with Crippen LogP contribution in [0.3, 0.4) is 0 Å². The fourth-order valence-electron chi connectivity index (χ4n) is 1.59. The second-order valence-electron chi connectivity index (χ2n) is 4.31. The third kappa shape index (κ3) is 5.24. The van der Waals surface area contributed by atoms with Gasteiger partial charge in [0.2, 0.25) is 5.91 Å². The van der Waals surface area contributed by atoms with Crippen LogP contribution in [0.5, 0.6) is 0 Å². The normalized spacial score (nSPS) is 11.1. The van der Waals surface area contributed by atoms with Crippen LogP contribution in [0.1, 0.15) is 20.3 Å². The first-order valence-electron chi connectivity index (χ1n) is 6.43. The van der Waals surface area contributed by atoms with Crippen molar-refractivity contribution >= 4 is 23.2 Å². The molecule has 0 unspecified atom stereocenters. The fourth-order valence-corrected chi connectivity index (χ4v) is 1.59. The number of rotatable bonds is 6. The van der Waals surface area contributed by atoms with Crippen LogP contribution in [-0.4, -0.2) is 25.5 Å². The summed E-state index contributed by atoms with van der Waals surface area (Å²) in [7, 11) is 1.46. The number of allylic oxidation sites excluding steroid dienone is 1. The predicted octanol–water partition coefficient (Wildman–Crippen LogP) is 2.57. The average Bonchev–Trinajstić information content (AvgIpc) is 2.41. The van der Waals surface area contributed by atoms with E-state index in [1.165, 1.54) is 7.11 Å². The highest BCUT2D eigenvalue weighted by Gasteiger charge is 2.05. The standard InChI is InChI=1S/C15H20N2O3/c1-4-5-11(2)15(19)17-13-8-6-12(7-9-13)16-14(18)10-20-3/h5-9H,4,10H2,1-3H3,(H,16,18)(H,17,19)/b11-5+. The topological polar surface area (TPSA) is 67.4 Å². The second kappa shape index (κ2) is 8.12. The molecule has 0 atom stereocenters. The van der Waals surface area contributed by atoms with Crippen LogP contribution in [0.4, 0.5) is 11.4 Å². The van der Waals surface area contributed by atoms with Gasteiger partial charge in [0.05, 0.1) is 0 Å². The molecule has 20 heavy (non-hydrogen) atoms. The number of amides is 2. The predicted molar refractivity (Wildman–Crippen MR) is 79.6 cm³/mol. The van der Waals surface area contributed by atoms with E-state index in [1.54, 1.807) is 31.2 Å². The molecule has 108 valence electrons. The van der Waals surface area contributed by atoms with E-state index in [9.17, 15) is 9.59 Å². The molecule has 5 nitrogen and oxygen atoms in total. The molecule has 0 aromatic heterocycles. The molecule has 0 aliphatic heterocycles. The van der Waals surface area contributed by atoms with Crippen molar-refractivity contribution in [3.63, 3.8) is 0 Å². The summed E-state index contributed by atoms with van der Waals surface area (Å²) in [4.78, 5) is 23.1. The molecule has 5 heteroatoms. The number of anilines is 2. The van der Waals surface area contributed by atoms with Crippen LogP contribution in [0.25, 0.3) is 0 Å². The molecule has 0 spiro atoms. The highest BCUT2D eigenvalue weighted by atomic mass is 16.5. The number of benzene rings is 1. The lowest BCUT2D eigenvalue weighted by atomic mass is 10.2. The van der Waals surface area contributed by atoms with Gasteiger partial charge in [-0.3, -0.25) is 9.59 Å². The second-order valence-corrected chi connectivity index (χ2v) is 4.31. The Morgan fingerprint density at radius 2 is 1.70 bits per heavy atom. The summed E-state index contributed by atoms with van der Waals surface area (Å²) < 4.78 is 4.73. The van der Waals surface area contributed by atoms with E-state index >= 15 is 0 Å². The molecular weight excluding hydrogens is 256 g/mol. The zero-order valence-corrected chi connectivity index (χ0v) is 12.0. The minimum atomic E-state index is -0.217. The van der Waals surface area contributed by atoms with Crippen LogP contribution < -0.4 is 10.6 Å². The molecular formula is C15H20N2O3. The molecule has 2 N–H and O–H groups in total. The third-order valence-electron chi connectivity index (χ3n) is 2.57. The Morgan fingerprint density at radius 3 is 2.20 bits per heavy atom. The molecule has 0 aliphatic rings. The SMILES string of the molecule is CC/C=C(\C)C(=O)Nc1ccc(NC(=O)COC)cc1. The molecule has 0 saturated carbocycles. The average molecular weight is 276 g/mol. The van der Waals surface area contributed by atoms with E-state index in [0.717, 1.165) is 6.42 Å². The van der Waals surface area contributed by atoms with E-state index in [-0.39, 0.29) is 18.4 Å².